The molecule has 1 aliphatic rings. The van der Waals surface area contributed by atoms with Crippen LogP contribution in [0.4, 0.5) is 8.78 Å². The summed E-state index contributed by atoms with van der Waals surface area (Å²) in [5.74, 6) is -2.15. The van der Waals surface area contributed by atoms with E-state index in [9.17, 15) is 22.0 Å². The van der Waals surface area contributed by atoms with Crippen molar-refractivity contribution in [3.8, 4) is 0 Å². The second kappa shape index (κ2) is 8.34. The quantitative estimate of drug-likeness (QED) is 0.741. The Balaban J connectivity index is 1.62. The largest absolute Gasteiger partial charge is 0.465 e. The van der Waals surface area contributed by atoms with Crippen LogP contribution in [-0.2, 0) is 21.3 Å². The third-order valence-electron chi connectivity index (χ3n) is 4.77. The van der Waals surface area contributed by atoms with E-state index in [1.807, 2.05) is 12.1 Å². The van der Waals surface area contributed by atoms with Gasteiger partial charge in [0.2, 0.25) is 10.0 Å². The van der Waals surface area contributed by atoms with Gasteiger partial charge in [-0.3, -0.25) is 0 Å². The highest BCUT2D eigenvalue weighted by Gasteiger charge is 2.32. The monoisotopic (exact) mass is 411 g/mol. The molecule has 2 aromatic carbocycles. The van der Waals surface area contributed by atoms with E-state index in [2.05, 4.69) is 4.74 Å². The summed E-state index contributed by atoms with van der Waals surface area (Å²) in [6.45, 7) is 2.18. The number of hydrogen-bond donors (Lipinski definition) is 1. The van der Waals surface area contributed by atoms with Crippen molar-refractivity contribution in [2.45, 2.75) is 11.4 Å². The summed E-state index contributed by atoms with van der Waals surface area (Å²) in [6.07, 6.45) is 0. The highest BCUT2D eigenvalue weighted by atomic mass is 32.2. The van der Waals surface area contributed by atoms with Gasteiger partial charge in [0, 0.05) is 5.56 Å². The molecule has 3 rings (SSSR count). The van der Waals surface area contributed by atoms with Gasteiger partial charge in [0.1, 0.15) is 23.1 Å². The highest BCUT2D eigenvalue weighted by molar-refractivity contribution is 7.89. The Morgan fingerprint density at radius 3 is 2.36 bits per heavy atom. The number of hydrogen-bond acceptors (Lipinski definition) is 4. The predicted molar refractivity (Wildman–Crippen MR) is 97.3 cm³/mol. The van der Waals surface area contributed by atoms with Gasteiger partial charge in [-0.1, -0.05) is 12.1 Å². The molecule has 0 aromatic heterocycles. The minimum absolute atomic E-state index is 0.216. The highest BCUT2D eigenvalue weighted by Crippen LogP contribution is 2.20. The van der Waals surface area contributed by atoms with Crippen LogP contribution in [0.2, 0.25) is 0 Å². The average Bonchev–Trinajstić information content (AvgIpc) is 2.70. The Hall–Kier alpha value is -2.36. The predicted octanol–water partition coefficient (Wildman–Crippen LogP) is 0.841. The molecule has 0 radical (unpaired) electrons. The van der Waals surface area contributed by atoms with E-state index in [1.165, 1.54) is 11.4 Å². The zero-order chi connectivity index (χ0) is 20.3. The van der Waals surface area contributed by atoms with Gasteiger partial charge in [0.25, 0.3) is 0 Å². The number of piperazine rings is 1. The summed E-state index contributed by atoms with van der Waals surface area (Å²) in [5, 5.41) is 0. The molecular formula is C19H21F2N2O4S+. The van der Waals surface area contributed by atoms with Crippen molar-refractivity contribution in [1.29, 1.82) is 0 Å². The SMILES string of the molecule is COC(=O)c1ccc(C[NH+]2CCN(S(=O)(=O)c3cc(F)ccc3F)CC2)cc1. The Morgan fingerprint density at radius 2 is 1.75 bits per heavy atom. The molecule has 2 aromatic rings. The van der Waals surface area contributed by atoms with Crippen LogP contribution >= 0.6 is 0 Å². The third kappa shape index (κ3) is 4.37. The first-order valence-electron chi connectivity index (χ1n) is 8.77. The van der Waals surface area contributed by atoms with Gasteiger partial charge in [0.05, 0.1) is 38.9 Å². The molecule has 0 aliphatic carbocycles. The Bertz CT molecular complexity index is 956. The van der Waals surface area contributed by atoms with Crippen molar-refractivity contribution >= 4 is 16.0 Å². The van der Waals surface area contributed by atoms with Gasteiger partial charge < -0.3 is 9.64 Å². The summed E-state index contributed by atoms with van der Waals surface area (Å²) in [6, 6.07) is 9.48. The van der Waals surface area contributed by atoms with Gasteiger partial charge in [-0.05, 0) is 30.3 Å². The number of benzene rings is 2. The van der Waals surface area contributed by atoms with E-state index in [-0.39, 0.29) is 13.1 Å². The van der Waals surface area contributed by atoms with Gasteiger partial charge in [-0.25, -0.2) is 22.0 Å². The van der Waals surface area contributed by atoms with Gasteiger partial charge >= 0.3 is 5.97 Å². The zero-order valence-electron chi connectivity index (χ0n) is 15.3. The summed E-state index contributed by atoms with van der Waals surface area (Å²) in [5.41, 5.74) is 1.48. The molecule has 1 N–H and O–H groups in total. The minimum Gasteiger partial charge on any atom is -0.465 e. The lowest BCUT2D eigenvalue weighted by Crippen LogP contribution is -3.13. The zero-order valence-corrected chi connectivity index (χ0v) is 16.1. The lowest BCUT2D eigenvalue weighted by molar-refractivity contribution is -0.917. The minimum atomic E-state index is -4.08. The molecule has 0 bridgehead atoms. The summed E-state index contributed by atoms with van der Waals surface area (Å²) < 4.78 is 58.4. The number of ether oxygens (including phenoxy) is 1. The van der Waals surface area contributed by atoms with Gasteiger partial charge in [-0.15, -0.1) is 0 Å². The smallest absolute Gasteiger partial charge is 0.337 e. The third-order valence-corrected chi connectivity index (χ3v) is 6.68. The second-order valence-corrected chi connectivity index (χ2v) is 8.50. The molecule has 0 amide bonds. The number of carbonyl (C=O) groups is 1. The van der Waals surface area contributed by atoms with E-state index < -0.39 is 32.5 Å². The van der Waals surface area contributed by atoms with Crippen molar-refractivity contribution in [3.63, 3.8) is 0 Å². The van der Waals surface area contributed by atoms with Crippen molar-refractivity contribution in [3.05, 3.63) is 65.2 Å². The fourth-order valence-corrected chi connectivity index (χ4v) is 4.72. The Labute approximate surface area is 162 Å². The summed E-state index contributed by atoms with van der Waals surface area (Å²) >= 11 is 0. The fourth-order valence-electron chi connectivity index (χ4n) is 3.20. The molecular weight excluding hydrogens is 390 g/mol. The van der Waals surface area contributed by atoms with Crippen LogP contribution in [0.15, 0.2) is 47.4 Å². The molecule has 6 nitrogen and oxygen atoms in total. The number of nitrogens with zero attached hydrogens (tertiary/aromatic N) is 1. The van der Waals surface area contributed by atoms with Crippen molar-refractivity contribution in [2.75, 3.05) is 33.3 Å². The van der Waals surface area contributed by atoms with Gasteiger partial charge in [0.15, 0.2) is 0 Å². The fraction of sp³-hybridized carbons (Fsp3) is 0.316. The lowest BCUT2D eigenvalue weighted by Gasteiger charge is -2.31. The number of nitrogens with one attached hydrogen (secondary N) is 1. The second-order valence-electron chi connectivity index (χ2n) is 6.59. The van der Waals surface area contributed by atoms with Crippen molar-refractivity contribution < 1.29 is 31.6 Å². The molecule has 1 saturated heterocycles. The van der Waals surface area contributed by atoms with E-state index in [0.29, 0.717) is 31.3 Å². The van der Waals surface area contributed by atoms with Crippen LogP contribution in [0.5, 0.6) is 0 Å². The van der Waals surface area contributed by atoms with Crippen LogP contribution in [0.3, 0.4) is 0 Å². The van der Waals surface area contributed by atoms with Gasteiger partial charge in [-0.2, -0.15) is 4.31 Å². The number of esters is 1. The Kier molecular flexibility index (Phi) is 6.07. The standard InChI is InChI=1S/C19H20F2N2O4S/c1-27-19(24)15-4-2-14(3-5-15)13-22-8-10-23(11-9-22)28(25,26)18-12-16(20)6-7-17(18)21/h2-7,12H,8-11,13H2,1H3/p+1. The van der Waals surface area contributed by atoms with Crippen LogP contribution in [-0.4, -0.2) is 52.0 Å². The molecule has 0 atom stereocenters. The molecule has 0 saturated carbocycles. The maximum atomic E-state index is 13.9. The van der Waals surface area contributed by atoms with E-state index in [1.54, 1.807) is 12.1 Å². The average molecular weight is 411 g/mol. The molecule has 1 fully saturated rings. The number of rotatable bonds is 5. The first kappa shape index (κ1) is 20.4. The normalized spacial score (nSPS) is 16.1. The molecule has 0 unspecified atom stereocenters. The van der Waals surface area contributed by atoms with E-state index in [0.717, 1.165) is 22.6 Å². The van der Waals surface area contributed by atoms with Crippen molar-refractivity contribution in [1.82, 2.24) is 4.31 Å². The van der Waals surface area contributed by atoms with Crippen LogP contribution < -0.4 is 4.90 Å². The Morgan fingerprint density at radius 1 is 1.11 bits per heavy atom. The van der Waals surface area contributed by atoms with E-state index >= 15 is 0 Å². The molecule has 1 heterocycles. The molecule has 150 valence electrons. The van der Waals surface area contributed by atoms with Crippen LogP contribution in [0.25, 0.3) is 0 Å². The number of carbonyl (C=O) groups excluding carboxylic acids is 1. The van der Waals surface area contributed by atoms with E-state index in [4.69, 9.17) is 0 Å². The first-order chi connectivity index (χ1) is 13.3. The number of methoxy groups -OCH3 is 1. The summed E-state index contributed by atoms with van der Waals surface area (Å²) in [7, 11) is -2.75. The molecule has 28 heavy (non-hydrogen) atoms. The number of sulfonamides is 1. The van der Waals surface area contributed by atoms with Crippen molar-refractivity contribution in [2.24, 2.45) is 0 Å². The molecule has 1 aliphatic heterocycles. The first-order valence-corrected chi connectivity index (χ1v) is 10.2. The number of quaternary nitrogens is 1. The van der Waals surface area contributed by atoms with Crippen LogP contribution in [0, 0.1) is 11.6 Å². The summed E-state index contributed by atoms with van der Waals surface area (Å²) in [4.78, 5) is 12.0. The topological polar surface area (TPSA) is 68.1 Å². The lowest BCUT2D eigenvalue weighted by atomic mass is 10.1. The molecule has 9 heteroatoms. The van der Waals surface area contributed by atoms with Crippen LogP contribution in [0.1, 0.15) is 15.9 Å². The maximum Gasteiger partial charge on any atom is 0.337 e. The number of halogens is 2. The maximum absolute atomic E-state index is 13.9. The molecule has 0 spiro atoms.